The van der Waals surface area contributed by atoms with Gasteiger partial charge in [0.2, 0.25) is 5.91 Å². The Balaban J connectivity index is 2.77. The molecule has 0 radical (unpaired) electrons. The third-order valence-corrected chi connectivity index (χ3v) is 3.56. The average molecular weight is 341 g/mol. The number of halogens is 1. The first-order valence-electron chi connectivity index (χ1n) is 6.75. The normalized spacial score (nSPS) is 11.8. The molecule has 0 saturated heterocycles. The largest absolute Gasteiger partial charge is 0.341 e. The number of nitrogens with zero attached hydrogens (tertiary/aromatic N) is 1. The topological polar surface area (TPSA) is 49.4 Å². The molecule has 1 atom stereocenters. The molecule has 0 aliphatic rings. The van der Waals surface area contributed by atoms with Gasteiger partial charge in [0.15, 0.2) is 0 Å². The van der Waals surface area contributed by atoms with Gasteiger partial charge < -0.3 is 10.2 Å². The molecule has 1 aromatic rings. The third kappa shape index (κ3) is 4.34. The molecule has 0 fully saturated rings. The van der Waals surface area contributed by atoms with Gasteiger partial charge in [0, 0.05) is 23.1 Å². The molecule has 0 saturated carbocycles. The number of hydrogen-bond donors (Lipinski definition) is 1. The summed E-state index contributed by atoms with van der Waals surface area (Å²) in [6, 6.07) is 4.95. The molecule has 1 rings (SSSR count). The first kappa shape index (κ1) is 16.7. The van der Waals surface area contributed by atoms with E-state index in [0.29, 0.717) is 18.7 Å². The van der Waals surface area contributed by atoms with E-state index >= 15 is 0 Å². The summed E-state index contributed by atoms with van der Waals surface area (Å²) < 4.78 is 0.852. The van der Waals surface area contributed by atoms with Gasteiger partial charge in [0.05, 0.1) is 0 Å². The van der Waals surface area contributed by atoms with Gasteiger partial charge in [-0.15, -0.1) is 0 Å². The predicted octanol–water partition coefficient (Wildman–Crippen LogP) is 2.74. The first-order valence-corrected chi connectivity index (χ1v) is 7.55. The maximum Gasteiger partial charge on any atom is 0.251 e. The maximum absolute atomic E-state index is 12.2. The van der Waals surface area contributed by atoms with Gasteiger partial charge in [-0.25, -0.2) is 0 Å². The lowest BCUT2D eigenvalue weighted by atomic mass is 10.1. The molecule has 0 aromatic heterocycles. The van der Waals surface area contributed by atoms with Crippen LogP contribution in [0.4, 0.5) is 0 Å². The van der Waals surface area contributed by atoms with E-state index in [2.05, 4.69) is 21.2 Å². The quantitative estimate of drug-likeness (QED) is 0.895. The average Bonchev–Trinajstić information content (AvgIpc) is 2.38. The number of carbonyl (C=O) groups excluding carboxylic acids is 2. The van der Waals surface area contributed by atoms with Gasteiger partial charge in [-0.05, 0) is 51.5 Å². The standard InChI is InChI=1S/C15H21BrN2O2/c1-5-18(6-2)15(20)11(4)17-14(19)12-7-10(3)8-13(16)9-12/h7-9,11H,5-6H2,1-4H3,(H,17,19). The van der Waals surface area contributed by atoms with Crippen LogP contribution in [0.1, 0.15) is 36.7 Å². The van der Waals surface area contributed by atoms with Crippen molar-refractivity contribution in [3.05, 3.63) is 33.8 Å². The van der Waals surface area contributed by atoms with E-state index in [-0.39, 0.29) is 11.8 Å². The number of carbonyl (C=O) groups is 2. The van der Waals surface area contributed by atoms with Crippen LogP contribution in [0, 0.1) is 6.92 Å². The Labute approximate surface area is 128 Å². The van der Waals surface area contributed by atoms with E-state index in [1.54, 1.807) is 24.0 Å². The summed E-state index contributed by atoms with van der Waals surface area (Å²) in [5.74, 6) is -0.294. The Morgan fingerprint density at radius 3 is 2.35 bits per heavy atom. The van der Waals surface area contributed by atoms with Gasteiger partial charge in [-0.3, -0.25) is 9.59 Å². The molecule has 4 nitrogen and oxygen atoms in total. The zero-order chi connectivity index (χ0) is 15.3. The summed E-state index contributed by atoms with van der Waals surface area (Å²) >= 11 is 3.37. The van der Waals surface area contributed by atoms with Crippen molar-refractivity contribution in [2.75, 3.05) is 13.1 Å². The molecule has 1 N–H and O–H groups in total. The van der Waals surface area contributed by atoms with Gasteiger partial charge in [0.1, 0.15) is 6.04 Å². The molecule has 0 aliphatic carbocycles. The fourth-order valence-corrected chi connectivity index (χ4v) is 2.63. The van der Waals surface area contributed by atoms with Crippen LogP contribution in [0.2, 0.25) is 0 Å². The molecule has 0 heterocycles. The second kappa shape index (κ2) is 7.43. The molecule has 0 bridgehead atoms. The molecular formula is C15H21BrN2O2. The van der Waals surface area contributed by atoms with E-state index in [1.165, 1.54) is 0 Å². The maximum atomic E-state index is 12.2. The van der Waals surface area contributed by atoms with Gasteiger partial charge >= 0.3 is 0 Å². The van der Waals surface area contributed by atoms with E-state index < -0.39 is 6.04 Å². The minimum absolute atomic E-state index is 0.0601. The first-order chi connectivity index (χ1) is 9.38. The van der Waals surface area contributed by atoms with Crippen molar-refractivity contribution in [1.29, 1.82) is 0 Å². The number of amides is 2. The third-order valence-electron chi connectivity index (χ3n) is 3.10. The molecular weight excluding hydrogens is 320 g/mol. The molecule has 0 spiro atoms. The summed E-state index contributed by atoms with van der Waals surface area (Å²) in [4.78, 5) is 26.0. The van der Waals surface area contributed by atoms with Crippen molar-refractivity contribution in [2.24, 2.45) is 0 Å². The number of benzene rings is 1. The highest BCUT2D eigenvalue weighted by atomic mass is 79.9. The predicted molar refractivity (Wildman–Crippen MR) is 83.7 cm³/mol. The van der Waals surface area contributed by atoms with E-state index in [0.717, 1.165) is 10.0 Å². The summed E-state index contributed by atoms with van der Waals surface area (Å²) in [6.07, 6.45) is 0. The van der Waals surface area contributed by atoms with Crippen LogP contribution in [0.3, 0.4) is 0 Å². The summed E-state index contributed by atoms with van der Waals surface area (Å²) in [5.41, 5.74) is 1.54. The number of likely N-dealkylation sites (N-methyl/N-ethyl adjacent to an activating group) is 1. The lowest BCUT2D eigenvalue weighted by Gasteiger charge is -2.23. The number of aryl methyl sites for hydroxylation is 1. The van der Waals surface area contributed by atoms with Crippen molar-refractivity contribution < 1.29 is 9.59 Å². The van der Waals surface area contributed by atoms with E-state index in [9.17, 15) is 9.59 Å². The number of hydrogen-bond acceptors (Lipinski definition) is 2. The Kier molecular flexibility index (Phi) is 6.20. The summed E-state index contributed by atoms with van der Waals surface area (Å²) in [5, 5.41) is 2.75. The van der Waals surface area contributed by atoms with Crippen LogP contribution in [0.15, 0.2) is 22.7 Å². The van der Waals surface area contributed by atoms with Crippen molar-refractivity contribution >= 4 is 27.7 Å². The monoisotopic (exact) mass is 340 g/mol. The summed E-state index contributed by atoms with van der Waals surface area (Å²) in [7, 11) is 0. The van der Waals surface area contributed by atoms with Crippen LogP contribution < -0.4 is 5.32 Å². The zero-order valence-corrected chi connectivity index (χ0v) is 14.0. The summed E-state index contributed by atoms with van der Waals surface area (Å²) in [6.45, 7) is 8.77. The van der Waals surface area contributed by atoms with Crippen LogP contribution in [0.5, 0.6) is 0 Å². The van der Waals surface area contributed by atoms with Crippen molar-refractivity contribution in [3.63, 3.8) is 0 Å². The number of nitrogens with one attached hydrogen (secondary N) is 1. The minimum Gasteiger partial charge on any atom is -0.341 e. The molecule has 110 valence electrons. The lowest BCUT2D eigenvalue weighted by Crippen LogP contribution is -2.46. The highest BCUT2D eigenvalue weighted by Crippen LogP contribution is 2.15. The smallest absolute Gasteiger partial charge is 0.251 e. The molecule has 5 heteroatoms. The fraction of sp³-hybridized carbons (Fsp3) is 0.467. The SMILES string of the molecule is CCN(CC)C(=O)C(C)NC(=O)c1cc(C)cc(Br)c1. The highest BCUT2D eigenvalue weighted by molar-refractivity contribution is 9.10. The highest BCUT2D eigenvalue weighted by Gasteiger charge is 2.20. The van der Waals surface area contributed by atoms with Crippen molar-refractivity contribution in [3.8, 4) is 0 Å². The van der Waals surface area contributed by atoms with Crippen molar-refractivity contribution in [1.82, 2.24) is 10.2 Å². The Morgan fingerprint density at radius 1 is 1.25 bits per heavy atom. The molecule has 2 amide bonds. The Bertz CT molecular complexity index is 478. The Morgan fingerprint density at radius 2 is 1.85 bits per heavy atom. The van der Waals surface area contributed by atoms with Gasteiger partial charge in [-0.2, -0.15) is 0 Å². The van der Waals surface area contributed by atoms with Crippen LogP contribution in [0.25, 0.3) is 0 Å². The van der Waals surface area contributed by atoms with Crippen LogP contribution >= 0.6 is 15.9 Å². The second-order valence-corrected chi connectivity index (χ2v) is 5.64. The van der Waals surface area contributed by atoms with Crippen molar-refractivity contribution in [2.45, 2.75) is 33.7 Å². The lowest BCUT2D eigenvalue weighted by molar-refractivity contribution is -0.132. The minimum atomic E-state index is -0.526. The van der Waals surface area contributed by atoms with Gasteiger partial charge in [-0.1, -0.05) is 15.9 Å². The second-order valence-electron chi connectivity index (χ2n) is 4.72. The van der Waals surface area contributed by atoms with E-state index in [1.807, 2.05) is 26.8 Å². The van der Waals surface area contributed by atoms with Gasteiger partial charge in [0.25, 0.3) is 5.91 Å². The van der Waals surface area contributed by atoms with Crippen LogP contribution in [-0.2, 0) is 4.79 Å². The fourth-order valence-electron chi connectivity index (χ4n) is 2.02. The van der Waals surface area contributed by atoms with E-state index in [4.69, 9.17) is 0 Å². The number of rotatable bonds is 5. The van der Waals surface area contributed by atoms with Crippen LogP contribution in [-0.4, -0.2) is 35.8 Å². The molecule has 20 heavy (non-hydrogen) atoms. The molecule has 0 aliphatic heterocycles. The molecule has 1 aromatic carbocycles. The molecule has 1 unspecified atom stereocenters. The Hall–Kier alpha value is -1.36. The zero-order valence-electron chi connectivity index (χ0n) is 12.4.